The summed E-state index contributed by atoms with van der Waals surface area (Å²) in [7, 11) is -3.36. The Labute approximate surface area is 169 Å². The number of sulfone groups is 1. The normalized spacial score (nSPS) is 11.0. The van der Waals surface area contributed by atoms with Gasteiger partial charge in [0, 0.05) is 24.2 Å². The van der Waals surface area contributed by atoms with Gasteiger partial charge in [0.05, 0.1) is 4.90 Å². The molecule has 0 saturated heterocycles. The average Bonchev–Trinajstić information content (AvgIpc) is 2.69. The second-order valence-electron chi connectivity index (χ2n) is 6.33. The minimum absolute atomic E-state index is 0.141. The summed E-state index contributed by atoms with van der Waals surface area (Å²) in [5.74, 6) is 1.17. The largest absolute Gasteiger partial charge is 0.484 e. The van der Waals surface area contributed by atoms with Crippen LogP contribution in [0.15, 0.2) is 71.8 Å². The lowest BCUT2D eigenvalue weighted by atomic mass is 10.2. The molecular formula is C21H20N2O5S. The molecule has 0 fully saturated rings. The number of anilines is 1. The van der Waals surface area contributed by atoms with Gasteiger partial charge >= 0.3 is 0 Å². The Morgan fingerprint density at radius 2 is 1.76 bits per heavy atom. The van der Waals surface area contributed by atoms with E-state index in [1.165, 1.54) is 12.1 Å². The molecule has 0 atom stereocenters. The van der Waals surface area contributed by atoms with Crippen molar-refractivity contribution in [1.29, 1.82) is 0 Å². The number of nitrogens with zero attached hydrogens (tertiary/aromatic N) is 1. The quantitative estimate of drug-likeness (QED) is 0.637. The monoisotopic (exact) mass is 412 g/mol. The van der Waals surface area contributed by atoms with E-state index in [9.17, 15) is 13.2 Å². The van der Waals surface area contributed by atoms with E-state index in [1.807, 2.05) is 6.07 Å². The number of rotatable bonds is 7. The third kappa shape index (κ3) is 5.79. The summed E-state index contributed by atoms with van der Waals surface area (Å²) in [6, 6.07) is 16.7. The molecular weight excluding hydrogens is 392 g/mol. The van der Waals surface area contributed by atoms with Crippen LogP contribution in [0.1, 0.15) is 5.56 Å². The summed E-state index contributed by atoms with van der Waals surface area (Å²) < 4.78 is 34.4. The van der Waals surface area contributed by atoms with Gasteiger partial charge < -0.3 is 14.8 Å². The van der Waals surface area contributed by atoms with E-state index in [2.05, 4.69) is 10.3 Å². The highest BCUT2D eigenvalue weighted by atomic mass is 32.2. The van der Waals surface area contributed by atoms with Crippen LogP contribution < -0.4 is 14.8 Å². The maximum Gasteiger partial charge on any atom is 0.262 e. The van der Waals surface area contributed by atoms with Crippen molar-refractivity contribution in [2.75, 3.05) is 18.2 Å². The van der Waals surface area contributed by atoms with Crippen LogP contribution in [-0.4, -0.2) is 32.2 Å². The molecule has 0 aliphatic carbocycles. The van der Waals surface area contributed by atoms with Crippen LogP contribution in [0.4, 0.5) is 5.69 Å². The maximum absolute atomic E-state index is 12.2. The topological polar surface area (TPSA) is 94.6 Å². The van der Waals surface area contributed by atoms with Gasteiger partial charge in [-0.2, -0.15) is 0 Å². The summed E-state index contributed by atoms with van der Waals surface area (Å²) in [5, 5.41) is 2.68. The summed E-state index contributed by atoms with van der Waals surface area (Å²) in [6.45, 7) is 1.56. The van der Waals surface area contributed by atoms with Crippen molar-refractivity contribution < 1.29 is 22.7 Å². The number of nitrogens with one attached hydrogen (secondary N) is 1. The predicted molar refractivity (Wildman–Crippen MR) is 109 cm³/mol. The minimum Gasteiger partial charge on any atom is -0.484 e. The molecule has 0 unspecified atom stereocenters. The molecule has 8 heteroatoms. The van der Waals surface area contributed by atoms with Crippen LogP contribution >= 0.6 is 0 Å². The van der Waals surface area contributed by atoms with Crippen molar-refractivity contribution in [2.24, 2.45) is 0 Å². The van der Waals surface area contributed by atoms with E-state index in [0.717, 1.165) is 11.8 Å². The fourth-order valence-electron chi connectivity index (χ4n) is 2.43. The highest BCUT2D eigenvalue weighted by molar-refractivity contribution is 7.90. The van der Waals surface area contributed by atoms with Gasteiger partial charge in [0.2, 0.25) is 5.88 Å². The van der Waals surface area contributed by atoms with Gasteiger partial charge in [0.1, 0.15) is 11.5 Å². The third-order valence-corrected chi connectivity index (χ3v) is 5.08. The minimum atomic E-state index is -3.36. The van der Waals surface area contributed by atoms with Crippen molar-refractivity contribution in [3.63, 3.8) is 0 Å². The zero-order valence-electron chi connectivity index (χ0n) is 16.0. The van der Waals surface area contributed by atoms with Gasteiger partial charge in [-0.25, -0.2) is 13.4 Å². The maximum atomic E-state index is 12.2. The second kappa shape index (κ2) is 8.74. The molecule has 3 rings (SSSR count). The number of pyridine rings is 1. The zero-order valence-corrected chi connectivity index (χ0v) is 16.8. The average molecular weight is 412 g/mol. The standard InChI is InChI=1S/C21H20N2O5S/c1-15-6-11-18(29(2,25)26)13-19(15)23-20(24)14-27-16-7-9-17(10-8-16)28-21-5-3-4-12-22-21/h3-13H,14H2,1-2H3,(H,23,24). The van der Waals surface area contributed by atoms with Crippen LogP contribution in [0.5, 0.6) is 17.4 Å². The van der Waals surface area contributed by atoms with Gasteiger partial charge in [0.25, 0.3) is 5.91 Å². The molecule has 29 heavy (non-hydrogen) atoms. The van der Waals surface area contributed by atoms with Gasteiger partial charge in [-0.15, -0.1) is 0 Å². The molecule has 0 bridgehead atoms. The molecule has 7 nitrogen and oxygen atoms in total. The Hall–Kier alpha value is -3.39. The number of aryl methyl sites for hydroxylation is 1. The molecule has 150 valence electrons. The number of amides is 1. The molecule has 0 aliphatic rings. The lowest BCUT2D eigenvalue weighted by Gasteiger charge is -2.11. The van der Waals surface area contributed by atoms with E-state index < -0.39 is 15.7 Å². The van der Waals surface area contributed by atoms with Crippen LogP contribution in [0, 0.1) is 6.92 Å². The van der Waals surface area contributed by atoms with Crippen molar-refractivity contribution in [3.8, 4) is 17.4 Å². The number of carbonyl (C=O) groups is 1. The first-order valence-electron chi connectivity index (χ1n) is 8.73. The molecule has 3 aromatic rings. The molecule has 1 heterocycles. The van der Waals surface area contributed by atoms with Gasteiger partial charge in [0.15, 0.2) is 16.4 Å². The Bertz CT molecular complexity index is 1100. The molecule has 0 spiro atoms. The van der Waals surface area contributed by atoms with Gasteiger partial charge in [-0.3, -0.25) is 4.79 Å². The number of hydrogen-bond acceptors (Lipinski definition) is 6. The predicted octanol–water partition coefficient (Wildman–Crippen LogP) is 3.60. The van der Waals surface area contributed by atoms with Gasteiger partial charge in [-0.1, -0.05) is 12.1 Å². The van der Waals surface area contributed by atoms with Gasteiger partial charge in [-0.05, 0) is 55.0 Å². The van der Waals surface area contributed by atoms with E-state index in [1.54, 1.807) is 55.6 Å². The smallest absolute Gasteiger partial charge is 0.262 e. The first-order valence-corrected chi connectivity index (χ1v) is 10.6. The fraction of sp³-hybridized carbons (Fsp3) is 0.143. The molecule has 0 aliphatic heterocycles. The fourth-order valence-corrected chi connectivity index (χ4v) is 3.08. The molecule has 1 N–H and O–H groups in total. The number of hydrogen-bond donors (Lipinski definition) is 1. The number of benzene rings is 2. The Kier molecular flexibility index (Phi) is 6.13. The number of ether oxygens (including phenoxy) is 2. The lowest BCUT2D eigenvalue weighted by molar-refractivity contribution is -0.118. The van der Waals surface area contributed by atoms with Crippen LogP contribution in [0.2, 0.25) is 0 Å². The van der Waals surface area contributed by atoms with Crippen LogP contribution in [0.25, 0.3) is 0 Å². The number of aromatic nitrogens is 1. The molecule has 1 aromatic heterocycles. The summed E-state index contributed by atoms with van der Waals surface area (Å²) in [5.41, 5.74) is 1.18. The molecule has 2 aromatic carbocycles. The van der Waals surface area contributed by atoms with Crippen LogP contribution in [-0.2, 0) is 14.6 Å². The highest BCUT2D eigenvalue weighted by Gasteiger charge is 2.12. The summed E-state index contributed by atoms with van der Waals surface area (Å²) >= 11 is 0. The first kappa shape index (κ1) is 20.3. The molecule has 0 saturated carbocycles. The molecule has 0 radical (unpaired) electrons. The third-order valence-electron chi connectivity index (χ3n) is 3.97. The second-order valence-corrected chi connectivity index (χ2v) is 8.34. The number of carbonyl (C=O) groups excluding carboxylic acids is 1. The van der Waals surface area contributed by atoms with E-state index in [4.69, 9.17) is 9.47 Å². The van der Waals surface area contributed by atoms with Crippen molar-refractivity contribution in [3.05, 3.63) is 72.4 Å². The summed E-state index contributed by atoms with van der Waals surface area (Å²) in [4.78, 5) is 16.4. The highest BCUT2D eigenvalue weighted by Crippen LogP contribution is 2.23. The lowest BCUT2D eigenvalue weighted by Crippen LogP contribution is -2.20. The zero-order chi connectivity index (χ0) is 20.9. The molecule has 1 amide bonds. The van der Waals surface area contributed by atoms with E-state index >= 15 is 0 Å². The van der Waals surface area contributed by atoms with E-state index in [0.29, 0.717) is 23.1 Å². The Morgan fingerprint density at radius 3 is 2.41 bits per heavy atom. The van der Waals surface area contributed by atoms with Crippen LogP contribution in [0.3, 0.4) is 0 Å². The van der Waals surface area contributed by atoms with E-state index in [-0.39, 0.29) is 11.5 Å². The summed E-state index contributed by atoms with van der Waals surface area (Å²) in [6.07, 6.45) is 2.76. The SMILES string of the molecule is Cc1ccc(S(C)(=O)=O)cc1NC(=O)COc1ccc(Oc2ccccn2)cc1. The Morgan fingerprint density at radius 1 is 1.03 bits per heavy atom. The van der Waals surface area contributed by atoms with Crippen molar-refractivity contribution >= 4 is 21.4 Å². The first-order chi connectivity index (χ1) is 13.8. The van der Waals surface area contributed by atoms with Crippen molar-refractivity contribution in [2.45, 2.75) is 11.8 Å². The van der Waals surface area contributed by atoms with Crippen molar-refractivity contribution in [1.82, 2.24) is 4.98 Å². The Balaban J connectivity index is 1.57.